The van der Waals surface area contributed by atoms with Crippen LogP contribution in [0.2, 0.25) is 0 Å². The molecule has 0 aliphatic carbocycles. The van der Waals surface area contributed by atoms with Crippen molar-refractivity contribution >= 4 is 20.2 Å². The van der Waals surface area contributed by atoms with E-state index in [4.69, 9.17) is 14.8 Å². The fourth-order valence-corrected chi connectivity index (χ4v) is 4.11. The predicted octanol–water partition coefficient (Wildman–Crippen LogP) is 3.79. The molecule has 0 bridgehead atoms. The predicted molar refractivity (Wildman–Crippen MR) is 154 cm³/mol. The van der Waals surface area contributed by atoms with E-state index in [1.807, 2.05) is 44.2 Å². The summed E-state index contributed by atoms with van der Waals surface area (Å²) in [6.45, 7) is 7.36. The fourth-order valence-electron chi connectivity index (χ4n) is 3.15. The molecule has 0 aromatic heterocycles. The van der Waals surface area contributed by atoms with Gasteiger partial charge in [-0.2, -0.15) is 16.8 Å². The molecule has 0 aliphatic rings. The van der Waals surface area contributed by atoms with Gasteiger partial charge in [-0.25, -0.2) is 0 Å². The van der Waals surface area contributed by atoms with Crippen LogP contribution in [0.25, 0.3) is 0 Å². The molecule has 0 saturated heterocycles. The molecule has 0 amide bonds. The molecule has 3 rings (SSSR count). The molecule has 2 atom stereocenters. The topological polar surface area (TPSA) is 167 Å². The molecule has 3 aromatic rings. The van der Waals surface area contributed by atoms with Gasteiger partial charge < -0.3 is 16.2 Å². The first kappa shape index (κ1) is 34.4. The van der Waals surface area contributed by atoms with Crippen molar-refractivity contribution < 1.29 is 31.0 Å². The highest BCUT2D eigenvalue weighted by molar-refractivity contribution is 7.86. The zero-order chi connectivity index (χ0) is 29.5. The minimum atomic E-state index is -4.02. The number of rotatable bonds is 10. The van der Waals surface area contributed by atoms with E-state index in [9.17, 15) is 21.9 Å². The minimum Gasteiger partial charge on any atom is -0.390 e. The van der Waals surface area contributed by atoms with Gasteiger partial charge in [-0.1, -0.05) is 79.1 Å². The van der Waals surface area contributed by atoms with Crippen LogP contribution in [-0.2, 0) is 26.7 Å². The molecule has 0 heterocycles. The van der Waals surface area contributed by atoms with Crippen molar-refractivity contribution in [3.63, 3.8) is 0 Å². The summed E-state index contributed by atoms with van der Waals surface area (Å²) in [5.74, 6) is 0. The van der Waals surface area contributed by atoms with Crippen LogP contribution in [0.5, 0.6) is 0 Å². The number of benzene rings is 3. The molecule has 0 spiro atoms. The molecule has 0 unspecified atom stereocenters. The van der Waals surface area contributed by atoms with Gasteiger partial charge in [-0.15, -0.1) is 0 Å². The average Bonchev–Trinajstić information content (AvgIpc) is 2.87. The van der Waals surface area contributed by atoms with Crippen molar-refractivity contribution in [1.82, 2.24) is 5.32 Å². The SMILES string of the molecule is CCCCNC[C@@H](O)[C@@H](N)Cc1ccccc1.Cc1ccc(S(=O)(=O)O)cc1.Cc1ccc(S(=O)(=O)O)cc1. The molecule has 3 aromatic carbocycles. The van der Waals surface area contributed by atoms with Gasteiger partial charge in [0.2, 0.25) is 0 Å². The van der Waals surface area contributed by atoms with E-state index in [1.54, 1.807) is 24.3 Å². The van der Waals surface area contributed by atoms with Crippen molar-refractivity contribution in [3.05, 3.63) is 95.6 Å². The van der Waals surface area contributed by atoms with Crippen LogP contribution < -0.4 is 11.1 Å². The first-order valence-electron chi connectivity index (χ1n) is 12.5. The first-order valence-corrected chi connectivity index (χ1v) is 15.4. The smallest absolute Gasteiger partial charge is 0.294 e. The lowest BCUT2D eigenvalue weighted by Gasteiger charge is -2.19. The van der Waals surface area contributed by atoms with E-state index in [0.717, 1.165) is 30.5 Å². The largest absolute Gasteiger partial charge is 0.390 e. The molecule has 6 N–H and O–H groups in total. The fraction of sp³-hybridized carbons (Fsp3) is 0.357. The van der Waals surface area contributed by atoms with Gasteiger partial charge in [-0.3, -0.25) is 9.11 Å². The highest BCUT2D eigenvalue weighted by Crippen LogP contribution is 2.09. The third kappa shape index (κ3) is 14.9. The van der Waals surface area contributed by atoms with Gasteiger partial charge >= 0.3 is 0 Å². The van der Waals surface area contributed by atoms with E-state index in [2.05, 4.69) is 12.2 Å². The zero-order valence-electron chi connectivity index (χ0n) is 22.6. The van der Waals surface area contributed by atoms with Gasteiger partial charge in [0.05, 0.1) is 15.9 Å². The molecular weight excluding hydrogens is 540 g/mol. The van der Waals surface area contributed by atoms with E-state index < -0.39 is 26.3 Å². The lowest BCUT2D eigenvalue weighted by atomic mass is 10.0. The maximum Gasteiger partial charge on any atom is 0.294 e. The summed E-state index contributed by atoms with van der Waals surface area (Å²) in [4.78, 5) is -0.133. The van der Waals surface area contributed by atoms with E-state index in [1.165, 1.54) is 36.2 Å². The Morgan fingerprint density at radius 3 is 1.59 bits per heavy atom. The number of aliphatic hydroxyl groups excluding tert-OH is 1. The molecule has 9 nitrogen and oxygen atoms in total. The van der Waals surface area contributed by atoms with Crippen molar-refractivity contribution in [2.24, 2.45) is 5.73 Å². The maximum absolute atomic E-state index is 10.5. The van der Waals surface area contributed by atoms with Crippen LogP contribution >= 0.6 is 0 Å². The molecule has 11 heteroatoms. The molecule has 0 aliphatic heterocycles. The summed E-state index contributed by atoms with van der Waals surface area (Å²) in [7, 11) is -8.04. The number of nitrogens with two attached hydrogens (primary N) is 1. The van der Waals surface area contributed by atoms with Crippen LogP contribution in [0, 0.1) is 13.8 Å². The van der Waals surface area contributed by atoms with Crippen molar-refractivity contribution in [2.75, 3.05) is 13.1 Å². The number of hydrogen-bond donors (Lipinski definition) is 5. The Morgan fingerprint density at radius 1 is 0.769 bits per heavy atom. The number of unbranched alkanes of at least 4 members (excludes halogenated alkanes) is 1. The molecule has 0 fully saturated rings. The summed E-state index contributed by atoms with van der Waals surface area (Å²) >= 11 is 0. The molecule has 39 heavy (non-hydrogen) atoms. The third-order valence-corrected chi connectivity index (χ3v) is 7.24. The second-order valence-corrected chi connectivity index (χ2v) is 11.9. The zero-order valence-corrected chi connectivity index (χ0v) is 24.2. The first-order chi connectivity index (χ1) is 18.2. The monoisotopic (exact) mass is 580 g/mol. The molecular formula is C28H40N2O7S2. The Balaban J connectivity index is 0.000000304. The van der Waals surface area contributed by atoms with Crippen LogP contribution in [-0.4, -0.2) is 56.3 Å². The Bertz CT molecular complexity index is 1220. The molecule has 0 radical (unpaired) electrons. The molecule has 0 saturated carbocycles. The Hall–Kier alpha value is -2.64. The van der Waals surface area contributed by atoms with Gasteiger partial charge in [0.15, 0.2) is 0 Å². The second-order valence-electron chi connectivity index (χ2n) is 9.05. The third-order valence-electron chi connectivity index (χ3n) is 5.51. The summed E-state index contributed by atoms with van der Waals surface area (Å²) < 4.78 is 59.1. The second kappa shape index (κ2) is 17.1. The van der Waals surface area contributed by atoms with E-state index in [-0.39, 0.29) is 15.8 Å². The number of hydrogen-bond acceptors (Lipinski definition) is 7. The van der Waals surface area contributed by atoms with E-state index in [0.29, 0.717) is 6.54 Å². The van der Waals surface area contributed by atoms with Gasteiger partial charge in [0.25, 0.3) is 20.2 Å². The Morgan fingerprint density at radius 2 is 1.21 bits per heavy atom. The van der Waals surface area contributed by atoms with Gasteiger partial charge in [0, 0.05) is 12.6 Å². The minimum absolute atomic E-state index is 0.0666. The van der Waals surface area contributed by atoms with Crippen molar-refractivity contribution in [1.29, 1.82) is 0 Å². The Labute approximate surface area is 232 Å². The van der Waals surface area contributed by atoms with E-state index >= 15 is 0 Å². The van der Waals surface area contributed by atoms with Crippen molar-refractivity contribution in [2.45, 2.75) is 62.0 Å². The van der Waals surface area contributed by atoms with Gasteiger partial charge in [0.1, 0.15) is 0 Å². The molecule has 216 valence electrons. The van der Waals surface area contributed by atoms with Crippen LogP contribution in [0.3, 0.4) is 0 Å². The lowest BCUT2D eigenvalue weighted by molar-refractivity contribution is 0.142. The summed E-state index contributed by atoms with van der Waals surface area (Å²) in [6, 6.07) is 21.8. The summed E-state index contributed by atoms with van der Waals surface area (Å²) in [6.07, 6.45) is 2.55. The number of nitrogens with one attached hydrogen (secondary N) is 1. The van der Waals surface area contributed by atoms with Crippen LogP contribution in [0.4, 0.5) is 0 Å². The van der Waals surface area contributed by atoms with Crippen LogP contribution in [0.1, 0.15) is 36.5 Å². The lowest BCUT2D eigenvalue weighted by Crippen LogP contribution is -2.43. The van der Waals surface area contributed by atoms with Gasteiger partial charge in [-0.05, 0) is 63.1 Å². The van der Waals surface area contributed by atoms with Crippen molar-refractivity contribution in [3.8, 4) is 0 Å². The normalized spacial score (nSPS) is 12.8. The Kier molecular flexibility index (Phi) is 15.1. The summed E-state index contributed by atoms with van der Waals surface area (Å²) in [5.41, 5.74) is 9.06. The average molecular weight is 581 g/mol. The number of aliphatic hydroxyl groups is 1. The highest BCUT2D eigenvalue weighted by Gasteiger charge is 2.14. The quantitative estimate of drug-likeness (QED) is 0.177. The van der Waals surface area contributed by atoms with Crippen LogP contribution in [0.15, 0.2) is 88.7 Å². The summed E-state index contributed by atoms with van der Waals surface area (Å²) in [5, 5.41) is 13.1. The standard InChI is InChI=1S/C14H24N2O.2C7H8O3S/c1-2-3-9-16-11-14(17)13(15)10-12-7-5-4-6-8-12;2*1-6-2-4-7(5-3-6)11(8,9)10/h4-8,13-14,16-17H,2-3,9-11,15H2,1H3;2*2-5H,1H3,(H,8,9,10)/t13-,14+;;/m0../s1. The maximum atomic E-state index is 10.5. The highest BCUT2D eigenvalue weighted by atomic mass is 32.2. The number of aryl methyl sites for hydroxylation is 2.